The average Bonchev–Trinajstić information content (AvgIpc) is 2.99. The van der Waals surface area contributed by atoms with Crippen molar-refractivity contribution in [2.75, 3.05) is 25.1 Å². The second-order valence-electron chi connectivity index (χ2n) is 9.71. The molecule has 1 atom stereocenters. The van der Waals surface area contributed by atoms with Crippen LogP contribution < -0.4 is 15.4 Å². The topological polar surface area (TPSA) is 101 Å². The number of halogens is 1. The number of carbonyl (C=O) groups excluding carboxylic acids is 2. The summed E-state index contributed by atoms with van der Waals surface area (Å²) >= 11 is 6.45. The molecule has 0 saturated carbocycles. The maximum absolute atomic E-state index is 13.1. The minimum Gasteiger partial charge on any atom is -0.489 e. The van der Waals surface area contributed by atoms with Gasteiger partial charge < -0.3 is 20.3 Å². The Hall–Kier alpha value is -4.61. The van der Waals surface area contributed by atoms with E-state index in [1.807, 2.05) is 68.4 Å². The summed E-state index contributed by atoms with van der Waals surface area (Å²) in [4.78, 5) is 36.6. The normalized spacial score (nSPS) is 14.3. The number of hydrogen-bond donors (Lipinski definition) is 1. The van der Waals surface area contributed by atoms with Crippen molar-refractivity contribution >= 4 is 34.8 Å². The molecule has 4 rings (SSSR count). The van der Waals surface area contributed by atoms with Crippen molar-refractivity contribution in [3.63, 3.8) is 0 Å². The molecule has 2 aromatic carbocycles. The highest BCUT2D eigenvalue weighted by Crippen LogP contribution is 2.29. The van der Waals surface area contributed by atoms with E-state index in [4.69, 9.17) is 22.1 Å². The fraction of sp³-hybridized carbons (Fsp3) is 0.250. The van der Waals surface area contributed by atoms with Crippen LogP contribution in [0.4, 0.5) is 5.69 Å². The first-order valence-corrected chi connectivity index (χ1v) is 13.6. The van der Waals surface area contributed by atoms with Gasteiger partial charge in [-0.3, -0.25) is 14.6 Å². The summed E-state index contributed by atoms with van der Waals surface area (Å²) in [5.74, 6) is 6.33. The third kappa shape index (κ3) is 7.53. The number of hydrogen-bond acceptors (Lipinski definition) is 6. The van der Waals surface area contributed by atoms with Crippen molar-refractivity contribution in [1.29, 1.82) is 0 Å². The first-order chi connectivity index (χ1) is 19.8. The minimum absolute atomic E-state index is 0.0947. The first kappa shape index (κ1) is 29.4. The van der Waals surface area contributed by atoms with Crippen LogP contribution in [0.2, 0.25) is 0 Å². The monoisotopic (exact) mass is 569 g/mol. The lowest BCUT2D eigenvalue weighted by molar-refractivity contribution is -0.130. The molecule has 0 saturated heterocycles. The van der Waals surface area contributed by atoms with E-state index in [1.165, 1.54) is 4.90 Å². The van der Waals surface area contributed by atoms with Crippen LogP contribution in [0.1, 0.15) is 35.9 Å². The van der Waals surface area contributed by atoms with Crippen LogP contribution in [-0.2, 0) is 16.1 Å². The fourth-order valence-electron chi connectivity index (χ4n) is 4.33. The lowest BCUT2D eigenvalue weighted by Crippen LogP contribution is -2.47. The van der Waals surface area contributed by atoms with Gasteiger partial charge in [-0.2, -0.15) is 0 Å². The Bertz CT molecular complexity index is 1540. The van der Waals surface area contributed by atoms with E-state index in [2.05, 4.69) is 21.8 Å². The molecular formula is C32H32ClN5O3. The lowest BCUT2D eigenvalue weighted by Gasteiger charge is -2.33. The van der Waals surface area contributed by atoms with Gasteiger partial charge in [-0.05, 0) is 62.1 Å². The number of carbonyl (C=O) groups is 2. The van der Waals surface area contributed by atoms with Gasteiger partial charge in [0.2, 0.25) is 6.41 Å². The average molecular weight is 570 g/mol. The molecule has 2 heterocycles. The van der Waals surface area contributed by atoms with E-state index >= 15 is 0 Å². The molecule has 9 heteroatoms. The SMILES string of the molecule is Cc1cccc(C#Cc2ccc(OCC(C)N3CCC(C(Cl)=NCc4ccccc4)=C(N)C3=O)c(N(C)C=O)c2)n1. The van der Waals surface area contributed by atoms with Gasteiger partial charge in [0.1, 0.15) is 28.9 Å². The minimum atomic E-state index is -0.309. The predicted molar refractivity (Wildman–Crippen MR) is 162 cm³/mol. The molecule has 1 aromatic heterocycles. The highest BCUT2D eigenvalue weighted by atomic mass is 35.5. The molecule has 0 radical (unpaired) electrons. The van der Waals surface area contributed by atoms with Crippen LogP contribution >= 0.6 is 11.6 Å². The van der Waals surface area contributed by atoms with Gasteiger partial charge in [0.15, 0.2) is 0 Å². The number of aliphatic imine (C=N–C) groups is 1. The summed E-state index contributed by atoms with van der Waals surface area (Å²) in [6.07, 6.45) is 1.19. The fourth-order valence-corrected chi connectivity index (χ4v) is 4.58. The second-order valence-corrected chi connectivity index (χ2v) is 10.1. The largest absolute Gasteiger partial charge is 0.489 e. The number of aryl methyl sites for hydroxylation is 1. The molecule has 2 amide bonds. The Labute approximate surface area is 245 Å². The molecule has 3 aromatic rings. The van der Waals surface area contributed by atoms with Crippen LogP contribution in [-0.4, -0.2) is 53.6 Å². The molecule has 0 fully saturated rings. The summed E-state index contributed by atoms with van der Waals surface area (Å²) in [5, 5.41) is 0.256. The Morgan fingerprint density at radius 2 is 1.98 bits per heavy atom. The smallest absolute Gasteiger partial charge is 0.270 e. The number of rotatable bonds is 9. The van der Waals surface area contributed by atoms with Crippen molar-refractivity contribution in [1.82, 2.24) is 9.88 Å². The van der Waals surface area contributed by atoms with E-state index in [1.54, 1.807) is 24.1 Å². The number of benzene rings is 2. The molecule has 0 bridgehead atoms. The standard InChI is InChI=1S/C32H32ClN5O3/c1-22-8-7-11-26(36-22)14-12-24-13-15-29(28(18-24)37(3)21-39)41-20-23(2)38-17-16-27(30(34)32(38)40)31(33)35-19-25-9-5-4-6-10-25/h4-11,13,15,18,21,23H,16-17,19-20,34H2,1-3H3. The molecule has 8 nitrogen and oxygen atoms in total. The molecule has 2 N–H and O–H groups in total. The summed E-state index contributed by atoms with van der Waals surface area (Å²) in [6.45, 7) is 4.83. The third-order valence-electron chi connectivity index (χ3n) is 6.64. The Balaban J connectivity index is 1.44. The van der Waals surface area contributed by atoms with Gasteiger partial charge in [0.05, 0.1) is 18.3 Å². The molecule has 1 aliphatic rings. The van der Waals surface area contributed by atoms with Gasteiger partial charge >= 0.3 is 0 Å². The number of nitrogens with zero attached hydrogens (tertiary/aromatic N) is 4. The zero-order chi connectivity index (χ0) is 29.4. The third-order valence-corrected chi connectivity index (χ3v) is 6.99. The Morgan fingerprint density at radius 3 is 2.71 bits per heavy atom. The first-order valence-electron chi connectivity index (χ1n) is 13.2. The van der Waals surface area contributed by atoms with E-state index < -0.39 is 0 Å². The van der Waals surface area contributed by atoms with E-state index in [9.17, 15) is 9.59 Å². The number of pyridine rings is 1. The molecule has 0 aliphatic carbocycles. The second kappa shape index (κ2) is 13.6. The highest BCUT2D eigenvalue weighted by Gasteiger charge is 2.30. The van der Waals surface area contributed by atoms with E-state index in [0.717, 1.165) is 11.3 Å². The van der Waals surface area contributed by atoms with Crippen LogP contribution in [0, 0.1) is 18.8 Å². The highest BCUT2D eigenvalue weighted by molar-refractivity contribution is 6.69. The molecule has 1 aliphatic heterocycles. The molecule has 0 spiro atoms. The van der Waals surface area contributed by atoms with Gasteiger partial charge in [-0.1, -0.05) is 53.9 Å². The van der Waals surface area contributed by atoms with Crippen LogP contribution in [0.5, 0.6) is 5.75 Å². The van der Waals surface area contributed by atoms with E-state index in [0.29, 0.717) is 54.2 Å². The van der Waals surface area contributed by atoms with Crippen molar-refractivity contribution in [2.24, 2.45) is 10.7 Å². The van der Waals surface area contributed by atoms with Crippen molar-refractivity contribution in [2.45, 2.75) is 32.9 Å². The van der Waals surface area contributed by atoms with Crippen LogP contribution in [0.25, 0.3) is 0 Å². The van der Waals surface area contributed by atoms with Gasteiger partial charge in [0, 0.05) is 30.4 Å². The molecule has 41 heavy (non-hydrogen) atoms. The molecule has 1 unspecified atom stereocenters. The number of ether oxygens (including phenoxy) is 1. The number of aromatic nitrogens is 1. The maximum atomic E-state index is 13.1. The summed E-state index contributed by atoms with van der Waals surface area (Å²) in [7, 11) is 1.64. The summed E-state index contributed by atoms with van der Waals surface area (Å²) < 4.78 is 6.09. The van der Waals surface area contributed by atoms with Crippen LogP contribution in [0.15, 0.2) is 83.0 Å². The Morgan fingerprint density at radius 1 is 1.20 bits per heavy atom. The molecular weight excluding hydrogens is 538 g/mol. The maximum Gasteiger partial charge on any atom is 0.270 e. The number of anilines is 1. The van der Waals surface area contributed by atoms with Gasteiger partial charge in [-0.15, -0.1) is 0 Å². The van der Waals surface area contributed by atoms with Crippen molar-refractivity contribution in [3.8, 4) is 17.6 Å². The van der Waals surface area contributed by atoms with Gasteiger partial charge in [0.25, 0.3) is 5.91 Å². The summed E-state index contributed by atoms with van der Waals surface area (Å²) in [5.41, 5.74) is 10.7. The number of nitrogens with two attached hydrogens (primary N) is 1. The number of amides is 2. The van der Waals surface area contributed by atoms with Crippen molar-refractivity contribution < 1.29 is 14.3 Å². The zero-order valence-electron chi connectivity index (χ0n) is 23.3. The zero-order valence-corrected chi connectivity index (χ0v) is 24.1. The van der Waals surface area contributed by atoms with Crippen LogP contribution in [0.3, 0.4) is 0 Å². The van der Waals surface area contributed by atoms with Crippen molar-refractivity contribution in [3.05, 3.63) is 101 Å². The quantitative estimate of drug-likeness (QED) is 0.233. The molecule has 210 valence electrons. The predicted octanol–water partition coefficient (Wildman–Crippen LogP) is 4.43. The van der Waals surface area contributed by atoms with E-state index in [-0.39, 0.29) is 29.4 Å². The Kier molecular flexibility index (Phi) is 9.77. The van der Waals surface area contributed by atoms with Gasteiger partial charge in [-0.25, -0.2) is 4.98 Å². The lowest BCUT2D eigenvalue weighted by atomic mass is 10.0. The summed E-state index contributed by atoms with van der Waals surface area (Å²) in [6, 6.07) is 20.5.